The summed E-state index contributed by atoms with van der Waals surface area (Å²) in [5.74, 6) is -0.881. The van der Waals surface area contributed by atoms with Crippen LogP contribution in [0.1, 0.15) is 40.5 Å². The van der Waals surface area contributed by atoms with Gasteiger partial charge in [0.2, 0.25) is 0 Å². The number of carboxylic acid groups (broad SMARTS) is 1. The second-order valence-corrected chi connectivity index (χ2v) is 7.72. The molecule has 0 fully saturated rings. The number of nitrogens with one attached hydrogen (secondary N) is 2. The molecular weight excluding hydrogens is 384 g/mol. The maximum absolute atomic E-state index is 11.8. The average Bonchev–Trinajstić information content (AvgIpc) is 2.62. The number of hydrogen-bond acceptors (Lipinski definition) is 7. The van der Waals surface area contributed by atoms with E-state index in [1.54, 1.807) is 0 Å². The molecule has 0 bridgehead atoms. The minimum absolute atomic E-state index is 0.0345. The van der Waals surface area contributed by atoms with Gasteiger partial charge in [0.1, 0.15) is 19.3 Å². The van der Waals surface area contributed by atoms with Gasteiger partial charge in [0.25, 0.3) is 0 Å². The predicted octanol–water partition coefficient (Wildman–Crippen LogP) is 1.27. The summed E-state index contributed by atoms with van der Waals surface area (Å²) in [5.41, 5.74) is -0.262. The lowest BCUT2D eigenvalue weighted by Crippen LogP contribution is -2.36. The van der Waals surface area contributed by atoms with Crippen LogP contribution >= 0.6 is 0 Å². The molecule has 0 radical (unpaired) electrons. The number of carbonyl (C=O) groups is 3. The second-order valence-electron chi connectivity index (χ2n) is 7.72. The standard InChI is InChI=1S/C19H34N2O8/c1-13(5-6-20-17(26)28-8-7-22)10-19(3,4)12-21-18(27)29-11-15(23)9-14(2)16(24)25/h9,13,15,22-23H,5-8,10-12H2,1-4H3,(H,20,26)(H,21,27)(H,24,25). The van der Waals surface area contributed by atoms with Crippen molar-refractivity contribution >= 4 is 18.2 Å². The van der Waals surface area contributed by atoms with Crippen LogP contribution in [0.5, 0.6) is 0 Å². The van der Waals surface area contributed by atoms with Crippen molar-refractivity contribution in [1.29, 1.82) is 0 Å². The summed E-state index contributed by atoms with van der Waals surface area (Å²) in [6.07, 6.45) is 0.161. The third kappa shape index (κ3) is 14.3. The van der Waals surface area contributed by atoms with Crippen LogP contribution < -0.4 is 10.6 Å². The first-order valence-electron chi connectivity index (χ1n) is 9.48. The highest BCUT2D eigenvalue weighted by molar-refractivity contribution is 5.85. The van der Waals surface area contributed by atoms with Gasteiger partial charge < -0.3 is 35.4 Å². The van der Waals surface area contributed by atoms with E-state index < -0.39 is 24.3 Å². The van der Waals surface area contributed by atoms with Crippen molar-refractivity contribution in [2.45, 2.75) is 46.6 Å². The summed E-state index contributed by atoms with van der Waals surface area (Å²) in [6.45, 7) is 7.54. The van der Waals surface area contributed by atoms with Crippen LogP contribution in [0.3, 0.4) is 0 Å². The number of hydrogen-bond donors (Lipinski definition) is 5. The molecular formula is C19H34N2O8. The number of carboxylic acids is 1. The van der Waals surface area contributed by atoms with Crippen molar-refractivity contribution in [1.82, 2.24) is 10.6 Å². The van der Waals surface area contributed by atoms with Crippen molar-refractivity contribution in [2.75, 3.05) is 32.9 Å². The molecule has 0 spiro atoms. The number of aliphatic hydroxyl groups is 2. The molecule has 2 unspecified atom stereocenters. The smallest absolute Gasteiger partial charge is 0.407 e. The van der Waals surface area contributed by atoms with Crippen LogP contribution in [0.2, 0.25) is 0 Å². The van der Waals surface area contributed by atoms with Crippen LogP contribution in [0.25, 0.3) is 0 Å². The summed E-state index contributed by atoms with van der Waals surface area (Å²) in [4.78, 5) is 33.7. The van der Waals surface area contributed by atoms with Gasteiger partial charge in [-0.2, -0.15) is 0 Å². The summed E-state index contributed by atoms with van der Waals surface area (Å²) < 4.78 is 9.59. The van der Waals surface area contributed by atoms with Crippen LogP contribution in [0.15, 0.2) is 11.6 Å². The molecule has 0 aromatic heterocycles. The number of ether oxygens (including phenoxy) is 2. The highest BCUT2D eigenvalue weighted by Gasteiger charge is 2.22. The monoisotopic (exact) mass is 418 g/mol. The average molecular weight is 418 g/mol. The Kier molecular flexibility index (Phi) is 12.7. The lowest BCUT2D eigenvalue weighted by atomic mass is 9.82. The molecule has 0 saturated carbocycles. The molecule has 0 aliphatic heterocycles. The molecule has 0 aromatic rings. The first-order valence-corrected chi connectivity index (χ1v) is 9.48. The zero-order chi connectivity index (χ0) is 22.4. The largest absolute Gasteiger partial charge is 0.478 e. The Morgan fingerprint density at radius 1 is 1.14 bits per heavy atom. The lowest BCUT2D eigenvalue weighted by Gasteiger charge is -2.28. The fourth-order valence-electron chi connectivity index (χ4n) is 2.66. The number of aliphatic carboxylic acids is 1. The van der Waals surface area contributed by atoms with Gasteiger partial charge in [-0.1, -0.05) is 20.8 Å². The Balaban J connectivity index is 4.14. The van der Waals surface area contributed by atoms with E-state index in [0.29, 0.717) is 13.1 Å². The molecule has 0 aliphatic rings. The molecule has 10 heteroatoms. The van der Waals surface area contributed by atoms with Gasteiger partial charge in [0.05, 0.1) is 6.61 Å². The summed E-state index contributed by atoms with van der Waals surface area (Å²) in [7, 11) is 0. The Labute approximate surface area is 171 Å². The maximum Gasteiger partial charge on any atom is 0.407 e. The van der Waals surface area contributed by atoms with E-state index in [0.717, 1.165) is 18.9 Å². The fourth-order valence-corrected chi connectivity index (χ4v) is 2.66. The number of aliphatic hydroxyl groups excluding tert-OH is 2. The predicted molar refractivity (Wildman–Crippen MR) is 105 cm³/mol. The SMILES string of the molecule is CC(=CC(O)COC(=O)NCC(C)(C)CC(C)CCNC(=O)OCCO)C(=O)O. The van der Waals surface area contributed by atoms with E-state index in [-0.39, 0.29) is 36.7 Å². The quantitative estimate of drug-likeness (QED) is 0.280. The molecule has 0 rings (SSSR count). The van der Waals surface area contributed by atoms with Crippen molar-refractivity contribution in [2.24, 2.45) is 11.3 Å². The van der Waals surface area contributed by atoms with E-state index in [9.17, 15) is 19.5 Å². The van der Waals surface area contributed by atoms with E-state index in [1.807, 2.05) is 20.8 Å². The maximum atomic E-state index is 11.8. The minimum atomic E-state index is -1.19. The molecule has 0 heterocycles. The Morgan fingerprint density at radius 2 is 1.76 bits per heavy atom. The Hall–Kier alpha value is -2.33. The molecule has 5 N–H and O–H groups in total. The highest BCUT2D eigenvalue weighted by atomic mass is 16.6. The van der Waals surface area contributed by atoms with E-state index in [2.05, 4.69) is 10.6 Å². The zero-order valence-electron chi connectivity index (χ0n) is 17.6. The van der Waals surface area contributed by atoms with Gasteiger partial charge in [-0.3, -0.25) is 0 Å². The van der Waals surface area contributed by atoms with Crippen molar-refractivity contribution in [3.05, 3.63) is 11.6 Å². The zero-order valence-corrected chi connectivity index (χ0v) is 17.6. The first kappa shape index (κ1) is 26.7. The Bertz CT molecular complexity index is 562. The molecule has 0 aliphatic carbocycles. The van der Waals surface area contributed by atoms with Gasteiger partial charge in [-0.25, -0.2) is 14.4 Å². The van der Waals surface area contributed by atoms with E-state index in [4.69, 9.17) is 19.7 Å². The second kappa shape index (κ2) is 13.8. The molecule has 10 nitrogen and oxygen atoms in total. The number of amides is 2. The van der Waals surface area contributed by atoms with Crippen LogP contribution in [0.4, 0.5) is 9.59 Å². The first-order chi connectivity index (χ1) is 13.5. The van der Waals surface area contributed by atoms with Gasteiger partial charge >= 0.3 is 18.2 Å². The number of rotatable bonds is 13. The van der Waals surface area contributed by atoms with E-state index in [1.165, 1.54) is 6.92 Å². The molecule has 2 atom stereocenters. The van der Waals surface area contributed by atoms with Gasteiger partial charge in [0.15, 0.2) is 0 Å². The van der Waals surface area contributed by atoms with Crippen molar-refractivity contribution in [3.63, 3.8) is 0 Å². The molecule has 168 valence electrons. The lowest BCUT2D eigenvalue weighted by molar-refractivity contribution is -0.132. The topological polar surface area (TPSA) is 154 Å². The normalized spacial score (nSPS) is 13.9. The van der Waals surface area contributed by atoms with Crippen molar-refractivity contribution in [3.8, 4) is 0 Å². The van der Waals surface area contributed by atoms with Gasteiger partial charge in [0, 0.05) is 18.7 Å². The summed E-state index contributed by atoms with van der Waals surface area (Å²) in [6, 6.07) is 0. The van der Waals surface area contributed by atoms with Crippen LogP contribution in [-0.2, 0) is 14.3 Å². The third-order valence-corrected chi connectivity index (χ3v) is 4.01. The fraction of sp³-hybridized carbons (Fsp3) is 0.737. The summed E-state index contributed by atoms with van der Waals surface area (Å²) in [5, 5.41) is 32.2. The number of alkyl carbamates (subject to hydrolysis) is 2. The molecule has 0 aromatic carbocycles. The van der Waals surface area contributed by atoms with Crippen LogP contribution in [0, 0.1) is 11.3 Å². The number of carbonyl (C=O) groups excluding carboxylic acids is 2. The van der Waals surface area contributed by atoms with Gasteiger partial charge in [-0.05, 0) is 37.2 Å². The van der Waals surface area contributed by atoms with Crippen LogP contribution in [-0.4, -0.2) is 72.5 Å². The Morgan fingerprint density at radius 3 is 2.34 bits per heavy atom. The van der Waals surface area contributed by atoms with E-state index >= 15 is 0 Å². The van der Waals surface area contributed by atoms with Gasteiger partial charge in [-0.15, -0.1) is 0 Å². The molecule has 0 saturated heterocycles. The molecule has 29 heavy (non-hydrogen) atoms. The highest BCUT2D eigenvalue weighted by Crippen LogP contribution is 2.26. The summed E-state index contributed by atoms with van der Waals surface area (Å²) >= 11 is 0. The molecule has 2 amide bonds. The van der Waals surface area contributed by atoms with Crippen molar-refractivity contribution < 1.29 is 39.2 Å². The third-order valence-electron chi connectivity index (χ3n) is 4.01. The minimum Gasteiger partial charge on any atom is -0.478 e.